The van der Waals surface area contributed by atoms with Gasteiger partial charge in [-0.3, -0.25) is 19.2 Å². The number of nitrogens with one attached hydrogen (secondary N) is 4. The van der Waals surface area contributed by atoms with Gasteiger partial charge in [0, 0.05) is 35.5 Å². The van der Waals surface area contributed by atoms with E-state index in [0.717, 1.165) is 11.5 Å². The van der Waals surface area contributed by atoms with Gasteiger partial charge in [-0.05, 0) is 49.3 Å². The van der Waals surface area contributed by atoms with Gasteiger partial charge in [0.1, 0.15) is 18.1 Å². The van der Waals surface area contributed by atoms with Gasteiger partial charge in [0.25, 0.3) is 0 Å². The summed E-state index contributed by atoms with van der Waals surface area (Å²) in [6, 6.07) is 5.93. The molecule has 2 heterocycles. The van der Waals surface area contributed by atoms with Crippen molar-refractivity contribution >= 4 is 47.2 Å². The normalized spacial score (nSPS) is 25.1. The van der Waals surface area contributed by atoms with Crippen molar-refractivity contribution in [3.63, 3.8) is 0 Å². The highest BCUT2D eigenvalue weighted by atomic mass is 32.2. The van der Waals surface area contributed by atoms with Crippen molar-refractivity contribution in [3.8, 4) is 0 Å². The van der Waals surface area contributed by atoms with Gasteiger partial charge in [-0.2, -0.15) is 23.5 Å². The van der Waals surface area contributed by atoms with Gasteiger partial charge in [0.2, 0.25) is 23.6 Å². The second-order valence-electron chi connectivity index (χ2n) is 11.3. The lowest BCUT2D eigenvalue weighted by atomic mass is 9.96. The van der Waals surface area contributed by atoms with E-state index in [1.807, 2.05) is 27.7 Å². The molecule has 0 fully saturated rings. The first-order chi connectivity index (χ1) is 19.5. The quantitative estimate of drug-likeness (QED) is 0.313. The van der Waals surface area contributed by atoms with Gasteiger partial charge >= 0.3 is 0 Å². The van der Waals surface area contributed by atoms with E-state index in [4.69, 9.17) is 5.73 Å². The highest BCUT2D eigenvalue weighted by Gasteiger charge is 2.32. The Labute approximate surface area is 254 Å². The number of hydrogen-bond acceptors (Lipinski definition) is 7. The van der Waals surface area contributed by atoms with Crippen molar-refractivity contribution < 1.29 is 19.2 Å². The summed E-state index contributed by atoms with van der Waals surface area (Å²) in [4.78, 5) is 52.4. The molecule has 0 saturated carbocycles. The van der Waals surface area contributed by atoms with Crippen molar-refractivity contribution in [3.05, 3.63) is 35.4 Å². The Hall–Kier alpha value is -2.24. The van der Waals surface area contributed by atoms with Gasteiger partial charge in [-0.15, -0.1) is 0 Å². The summed E-state index contributed by atoms with van der Waals surface area (Å²) in [7, 11) is 0. The molecule has 5 atom stereocenters. The predicted molar refractivity (Wildman–Crippen MR) is 169 cm³/mol. The van der Waals surface area contributed by atoms with Gasteiger partial charge < -0.3 is 27.0 Å². The van der Waals surface area contributed by atoms with Gasteiger partial charge in [0.05, 0.1) is 0 Å². The molecule has 1 aromatic carbocycles. The van der Waals surface area contributed by atoms with Crippen LogP contribution in [-0.4, -0.2) is 65.8 Å². The lowest BCUT2D eigenvalue weighted by Crippen LogP contribution is -2.58. The van der Waals surface area contributed by atoms with E-state index in [0.29, 0.717) is 43.7 Å². The molecule has 9 nitrogen and oxygen atoms in total. The van der Waals surface area contributed by atoms with Crippen LogP contribution < -0.4 is 27.0 Å². The van der Waals surface area contributed by atoms with Gasteiger partial charge in [-0.25, -0.2) is 0 Å². The van der Waals surface area contributed by atoms with Crippen molar-refractivity contribution in [2.24, 2.45) is 17.6 Å². The van der Waals surface area contributed by atoms with Crippen LogP contribution in [-0.2, 0) is 30.7 Å². The van der Waals surface area contributed by atoms with Crippen LogP contribution in [0.25, 0.3) is 0 Å². The molecule has 0 spiro atoms. The van der Waals surface area contributed by atoms with Crippen molar-refractivity contribution in [2.45, 2.75) is 96.0 Å². The van der Waals surface area contributed by atoms with Crippen LogP contribution in [0.5, 0.6) is 0 Å². The monoisotopic (exact) mass is 607 g/mol. The zero-order valence-electron chi connectivity index (χ0n) is 25.2. The summed E-state index contributed by atoms with van der Waals surface area (Å²) in [6.07, 6.45) is 2.01. The van der Waals surface area contributed by atoms with E-state index in [1.165, 1.54) is 11.1 Å². The molecule has 2 bridgehead atoms. The Bertz CT molecular complexity index is 992. The zero-order valence-corrected chi connectivity index (χ0v) is 26.8. The van der Waals surface area contributed by atoms with Crippen LogP contribution in [0, 0.1) is 11.8 Å². The maximum Gasteiger partial charge on any atom is 0.243 e. The molecule has 0 saturated heterocycles. The summed E-state index contributed by atoms with van der Waals surface area (Å²) in [6.45, 7) is 9.89. The predicted octanol–water partition coefficient (Wildman–Crippen LogP) is 2.96. The van der Waals surface area contributed by atoms with Crippen LogP contribution in [0.15, 0.2) is 24.3 Å². The molecule has 6 N–H and O–H groups in total. The summed E-state index contributed by atoms with van der Waals surface area (Å²) in [5.41, 5.74) is 8.26. The zero-order chi connectivity index (χ0) is 30.4. The molecular formula is C30H49N5O4S2. The van der Waals surface area contributed by atoms with E-state index in [9.17, 15) is 19.2 Å². The fraction of sp³-hybridized carbons (Fsp3) is 0.667. The summed E-state index contributed by atoms with van der Waals surface area (Å²) >= 11 is 3.41. The topological polar surface area (TPSA) is 142 Å². The number of hydrogen-bond donors (Lipinski definition) is 5. The first-order valence-corrected chi connectivity index (χ1v) is 17.0. The Morgan fingerprint density at radius 2 is 1.51 bits per heavy atom. The third-order valence-electron chi connectivity index (χ3n) is 7.12. The molecule has 230 valence electrons. The van der Waals surface area contributed by atoms with Crippen LogP contribution in [0.1, 0.15) is 71.4 Å². The number of carbonyl (C=O) groups is 4. The van der Waals surface area contributed by atoms with Crippen LogP contribution >= 0.6 is 23.5 Å². The molecule has 1 aromatic rings. The maximum atomic E-state index is 13.5. The minimum absolute atomic E-state index is 0.118. The second-order valence-corrected chi connectivity index (χ2v) is 13.4. The molecule has 2 aliphatic heterocycles. The molecular weight excluding hydrogens is 558 g/mol. The molecule has 0 aromatic heterocycles. The van der Waals surface area contributed by atoms with E-state index in [2.05, 4.69) is 45.5 Å². The third-order valence-corrected chi connectivity index (χ3v) is 9.32. The average Bonchev–Trinajstić information content (AvgIpc) is 2.93. The highest BCUT2D eigenvalue weighted by molar-refractivity contribution is 7.98. The number of amides is 4. The first kappa shape index (κ1) is 35.0. The Balaban J connectivity index is 2.28. The Kier molecular flexibility index (Phi) is 15.6. The molecule has 41 heavy (non-hydrogen) atoms. The molecule has 3 rings (SSSR count). The fourth-order valence-electron chi connectivity index (χ4n) is 4.43. The minimum Gasteiger partial charge on any atom is -0.351 e. The van der Waals surface area contributed by atoms with Crippen LogP contribution in [0.2, 0.25) is 0 Å². The standard InChI is InChI=1S/C30H49N5O4S2/c1-6-20(4)27-30(39)33-24(11-13-31)18-41-17-23-9-7-22(8-10-23)16-40-14-12-26(36)32-21(5)28(37)34-25(15-19(2)3)29(38)35-27/h7-10,19-21,24-25,27H,6,11-18,31H2,1-5H3,(H,32,36)(H,33,39)(H,34,37)(H,35,38)/t20-,21-,24+,25-,27-/m0/s1. The van der Waals surface area contributed by atoms with Crippen LogP contribution in [0.4, 0.5) is 0 Å². The fourth-order valence-corrected chi connectivity index (χ4v) is 6.41. The van der Waals surface area contributed by atoms with E-state index in [-0.39, 0.29) is 29.7 Å². The van der Waals surface area contributed by atoms with Crippen molar-refractivity contribution in [2.75, 3.05) is 18.1 Å². The van der Waals surface area contributed by atoms with Crippen molar-refractivity contribution in [1.82, 2.24) is 21.3 Å². The smallest absolute Gasteiger partial charge is 0.243 e. The Morgan fingerprint density at radius 1 is 0.878 bits per heavy atom. The van der Waals surface area contributed by atoms with E-state index < -0.39 is 29.9 Å². The largest absolute Gasteiger partial charge is 0.351 e. The molecule has 2 aliphatic rings. The number of rotatable bonds is 6. The third kappa shape index (κ3) is 12.7. The molecule has 0 unspecified atom stereocenters. The number of fused-ring (bicyclic) bond motifs is 20. The lowest BCUT2D eigenvalue weighted by Gasteiger charge is -2.29. The molecule has 0 aliphatic carbocycles. The lowest BCUT2D eigenvalue weighted by molar-refractivity contribution is -0.134. The summed E-state index contributed by atoms with van der Waals surface area (Å²) in [5.74, 6) is 1.64. The Morgan fingerprint density at radius 3 is 2.10 bits per heavy atom. The summed E-state index contributed by atoms with van der Waals surface area (Å²) < 4.78 is 0. The van der Waals surface area contributed by atoms with Crippen LogP contribution in [0.3, 0.4) is 0 Å². The number of nitrogens with two attached hydrogens (primary N) is 1. The maximum absolute atomic E-state index is 13.5. The number of carbonyl (C=O) groups excluding carboxylic acids is 4. The minimum atomic E-state index is -0.835. The highest BCUT2D eigenvalue weighted by Crippen LogP contribution is 2.19. The van der Waals surface area contributed by atoms with Gasteiger partial charge in [-0.1, -0.05) is 58.4 Å². The van der Waals surface area contributed by atoms with Gasteiger partial charge in [0.15, 0.2) is 0 Å². The summed E-state index contributed by atoms with van der Waals surface area (Å²) in [5, 5.41) is 11.6. The molecule has 11 heteroatoms. The second kappa shape index (κ2) is 18.3. The number of thioether (sulfide) groups is 2. The average molecular weight is 608 g/mol. The van der Waals surface area contributed by atoms with E-state index in [1.54, 1.807) is 30.4 Å². The first-order valence-electron chi connectivity index (χ1n) is 14.7. The SMILES string of the molecule is CC[C@H](C)[C@@H]1NC(=O)[C@H](CC(C)C)NC(=O)[C@H](C)NC(=O)CCSCc2ccc(cc2)CSC[C@@H](CCN)NC1=O. The molecule has 0 radical (unpaired) electrons. The number of benzene rings is 1. The van der Waals surface area contributed by atoms with E-state index >= 15 is 0 Å². The molecule has 4 amide bonds. The van der Waals surface area contributed by atoms with Crippen molar-refractivity contribution in [1.29, 1.82) is 0 Å².